The van der Waals surface area contributed by atoms with Crippen molar-refractivity contribution in [2.75, 3.05) is 12.3 Å². The van der Waals surface area contributed by atoms with Crippen molar-refractivity contribution in [3.63, 3.8) is 0 Å². The molecule has 0 aromatic carbocycles. The van der Waals surface area contributed by atoms with Gasteiger partial charge in [0.1, 0.15) is 18.6 Å². The van der Waals surface area contributed by atoms with Gasteiger partial charge in [0.25, 0.3) is 0 Å². The second-order valence-corrected chi connectivity index (χ2v) is 6.98. The molecule has 2 aliphatic rings. The Bertz CT molecular complexity index is 804. The molecule has 0 aromatic rings. The largest absolute Gasteiger partial charge is 0.480 e. The van der Waals surface area contributed by atoms with Gasteiger partial charge in [-0.05, 0) is 6.42 Å². The Morgan fingerprint density at radius 2 is 1.82 bits per heavy atom. The highest BCUT2D eigenvalue weighted by Gasteiger charge is 2.30. The van der Waals surface area contributed by atoms with Crippen molar-refractivity contribution in [1.29, 1.82) is 0 Å². The number of carboxylic acids is 2. The molecule has 2 atom stereocenters. The normalized spacial score (nSPS) is 23.1. The Hall–Kier alpha value is -3.15. The maximum absolute atomic E-state index is 12.5. The van der Waals surface area contributed by atoms with Gasteiger partial charge in [0.15, 0.2) is 5.78 Å². The Labute approximate surface area is 162 Å². The van der Waals surface area contributed by atoms with Crippen molar-refractivity contribution in [2.24, 2.45) is 0 Å². The maximum Gasteiger partial charge on any atom is 0.326 e. The molecule has 1 heterocycles. The number of aliphatic carboxylic acids is 2. The summed E-state index contributed by atoms with van der Waals surface area (Å²) in [7, 11) is 0. The molecule has 150 valence electrons. The third-order valence-electron chi connectivity index (χ3n) is 3.79. The van der Waals surface area contributed by atoms with Crippen molar-refractivity contribution >= 4 is 47.1 Å². The van der Waals surface area contributed by atoms with Gasteiger partial charge < -0.3 is 26.2 Å². The Balaban J connectivity index is 2.26. The molecule has 12 heteroatoms. The predicted molar refractivity (Wildman–Crippen MR) is 95.0 cm³/mol. The smallest absolute Gasteiger partial charge is 0.326 e. The third-order valence-corrected chi connectivity index (χ3v) is 4.90. The van der Waals surface area contributed by atoms with Crippen LogP contribution < -0.4 is 16.0 Å². The highest BCUT2D eigenvalue weighted by Crippen LogP contribution is 2.25. The topological polar surface area (TPSA) is 179 Å². The summed E-state index contributed by atoms with van der Waals surface area (Å²) in [6, 6.07) is -2.47. The van der Waals surface area contributed by atoms with E-state index in [4.69, 9.17) is 5.11 Å². The number of ketones is 2. The first-order chi connectivity index (χ1) is 13.2. The predicted octanol–water partition coefficient (Wildman–Crippen LogP) is -1.84. The SMILES string of the molecule is O=C1C=C2N[C@H](C(=O)O)CCC(=O)NC(C(=O)NCC(=O)O)CSC(=C1)C2=O. The Morgan fingerprint density at radius 3 is 2.46 bits per heavy atom. The lowest BCUT2D eigenvalue weighted by molar-refractivity contribution is -0.139. The van der Waals surface area contributed by atoms with Gasteiger partial charge in [-0.25, -0.2) is 4.79 Å². The van der Waals surface area contributed by atoms with Crippen LogP contribution in [0.3, 0.4) is 0 Å². The van der Waals surface area contributed by atoms with Crippen molar-refractivity contribution in [2.45, 2.75) is 24.9 Å². The van der Waals surface area contributed by atoms with Crippen molar-refractivity contribution < 1.29 is 39.0 Å². The fourth-order valence-electron chi connectivity index (χ4n) is 2.42. The van der Waals surface area contributed by atoms with E-state index in [0.29, 0.717) is 0 Å². The van der Waals surface area contributed by atoms with Crippen LogP contribution in [0.15, 0.2) is 22.8 Å². The average Bonchev–Trinajstić information content (AvgIpc) is 2.61. The van der Waals surface area contributed by atoms with Crippen LogP contribution in [0, 0.1) is 0 Å². The number of rotatable bonds is 4. The molecule has 1 aliphatic heterocycles. The summed E-state index contributed by atoms with van der Waals surface area (Å²) < 4.78 is 0. The number of carbonyl (C=O) groups excluding carboxylic acids is 4. The van der Waals surface area contributed by atoms with Crippen LogP contribution in [-0.2, 0) is 28.8 Å². The minimum Gasteiger partial charge on any atom is -0.480 e. The van der Waals surface area contributed by atoms with Crippen LogP contribution in [-0.4, -0.2) is 69.9 Å². The quantitative estimate of drug-likeness (QED) is 0.330. The number of allylic oxidation sites excluding steroid dienone is 3. The van der Waals surface area contributed by atoms with E-state index < -0.39 is 53.9 Å². The van der Waals surface area contributed by atoms with Crippen LogP contribution in [0.5, 0.6) is 0 Å². The molecule has 0 radical (unpaired) electrons. The average molecular weight is 411 g/mol. The highest BCUT2D eigenvalue weighted by molar-refractivity contribution is 8.04. The fraction of sp³-hybridized carbons (Fsp3) is 0.375. The molecular formula is C16H17N3O8S. The zero-order valence-corrected chi connectivity index (χ0v) is 15.2. The molecular weight excluding hydrogens is 394 g/mol. The van der Waals surface area contributed by atoms with Crippen LogP contribution in [0.25, 0.3) is 0 Å². The molecule has 5 N–H and O–H groups in total. The van der Waals surface area contributed by atoms with Gasteiger partial charge in [0.05, 0.1) is 10.6 Å². The van der Waals surface area contributed by atoms with Crippen molar-refractivity contribution in [3.8, 4) is 0 Å². The first-order valence-electron chi connectivity index (χ1n) is 8.10. The number of carbonyl (C=O) groups is 6. The van der Waals surface area contributed by atoms with E-state index >= 15 is 0 Å². The molecule has 11 nitrogen and oxygen atoms in total. The number of Topliss-reactive ketones (excluding diaryl/α,β-unsaturated/α-hetero) is 1. The van der Waals surface area contributed by atoms with Crippen molar-refractivity contribution in [3.05, 3.63) is 22.8 Å². The number of fused-ring (bicyclic) bond motifs is 2. The van der Waals surface area contributed by atoms with E-state index in [0.717, 1.165) is 23.9 Å². The molecule has 1 aliphatic carbocycles. The lowest BCUT2D eigenvalue weighted by Crippen LogP contribution is -2.50. The first-order valence-corrected chi connectivity index (χ1v) is 9.09. The van der Waals surface area contributed by atoms with E-state index in [1.54, 1.807) is 0 Å². The number of carboxylic acid groups (broad SMARTS) is 2. The molecule has 2 rings (SSSR count). The molecule has 0 spiro atoms. The van der Waals surface area contributed by atoms with Gasteiger partial charge in [0, 0.05) is 24.3 Å². The van der Waals surface area contributed by atoms with E-state index in [-0.39, 0.29) is 29.2 Å². The molecule has 0 saturated carbocycles. The molecule has 1 saturated heterocycles. The van der Waals surface area contributed by atoms with Gasteiger partial charge in [-0.3, -0.25) is 24.0 Å². The van der Waals surface area contributed by atoms with Crippen LogP contribution in [0.2, 0.25) is 0 Å². The number of nitrogens with one attached hydrogen (secondary N) is 3. The molecule has 28 heavy (non-hydrogen) atoms. The van der Waals surface area contributed by atoms with Gasteiger partial charge in [-0.1, -0.05) is 0 Å². The minimum atomic E-state index is -1.31. The van der Waals surface area contributed by atoms with Crippen LogP contribution in [0.4, 0.5) is 0 Å². The van der Waals surface area contributed by atoms with Crippen LogP contribution >= 0.6 is 11.8 Å². The number of amides is 2. The van der Waals surface area contributed by atoms with Gasteiger partial charge in [-0.2, -0.15) is 0 Å². The summed E-state index contributed by atoms with van der Waals surface area (Å²) in [6.07, 6.45) is 1.56. The zero-order valence-electron chi connectivity index (χ0n) is 14.4. The van der Waals surface area contributed by atoms with Crippen LogP contribution in [0.1, 0.15) is 12.8 Å². The Kier molecular flexibility index (Phi) is 6.93. The lowest BCUT2D eigenvalue weighted by Gasteiger charge is -2.23. The molecule has 2 amide bonds. The summed E-state index contributed by atoms with van der Waals surface area (Å²) in [5, 5.41) is 25.0. The monoisotopic (exact) mass is 411 g/mol. The van der Waals surface area contributed by atoms with E-state index in [2.05, 4.69) is 16.0 Å². The molecule has 1 fully saturated rings. The van der Waals surface area contributed by atoms with E-state index in [1.807, 2.05) is 0 Å². The molecule has 0 aromatic heterocycles. The first kappa shape index (κ1) is 21.2. The second kappa shape index (κ2) is 9.17. The van der Waals surface area contributed by atoms with Crippen molar-refractivity contribution in [1.82, 2.24) is 16.0 Å². The number of hydrogen-bond donors (Lipinski definition) is 5. The zero-order chi connectivity index (χ0) is 20.8. The summed E-state index contributed by atoms with van der Waals surface area (Å²) in [4.78, 5) is 70.6. The molecule has 1 unspecified atom stereocenters. The van der Waals surface area contributed by atoms with Gasteiger partial charge >= 0.3 is 11.9 Å². The molecule has 2 bridgehead atoms. The van der Waals surface area contributed by atoms with E-state index in [1.165, 1.54) is 0 Å². The number of hydrogen-bond acceptors (Lipinski definition) is 8. The standard InChI is InChI=1S/C16H17N3O8S/c20-7-3-9-14(24)11(4-7)28-6-10(15(25)17-5-13(22)23)19-12(21)2-1-8(18-9)16(26)27/h3-4,8,10,18H,1-2,5-6H2,(H,17,25)(H,19,21)(H,22,23)(H,26,27)/t8-,10?/m0/s1. The Morgan fingerprint density at radius 1 is 1.11 bits per heavy atom. The lowest BCUT2D eigenvalue weighted by atomic mass is 10.1. The summed E-state index contributed by atoms with van der Waals surface area (Å²) >= 11 is 0.825. The van der Waals surface area contributed by atoms with E-state index in [9.17, 15) is 33.9 Å². The fourth-order valence-corrected chi connectivity index (χ4v) is 3.44. The van der Waals surface area contributed by atoms with Gasteiger partial charge in [-0.15, -0.1) is 11.8 Å². The third kappa shape index (κ3) is 5.67. The van der Waals surface area contributed by atoms with Gasteiger partial charge in [0.2, 0.25) is 17.6 Å². The maximum atomic E-state index is 12.5. The second-order valence-electron chi connectivity index (χ2n) is 5.91. The minimum absolute atomic E-state index is 0.0232. The summed E-state index contributed by atoms with van der Waals surface area (Å²) in [5.74, 6) is -5.24. The summed E-state index contributed by atoms with van der Waals surface area (Å²) in [6.45, 7) is -0.659. The summed E-state index contributed by atoms with van der Waals surface area (Å²) in [5.41, 5.74) is -0.199. The highest BCUT2D eigenvalue weighted by atomic mass is 32.2. The number of thioether (sulfide) groups is 1.